The fourth-order valence-corrected chi connectivity index (χ4v) is 1.20. The number of rotatable bonds is 1. The third-order valence-corrected chi connectivity index (χ3v) is 2.13. The molecule has 5 nitrogen and oxygen atoms in total. The number of nitrogens with zero attached hydrogens (tertiary/aromatic N) is 4. The molecule has 2 N–H and O–H groups in total. The van der Waals surface area contributed by atoms with Gasteiger partial charge in [-0.1, -0.05) is 11.6 Å². The van der Waals surface area contributed by atoms with E-state index in [1.54, 1.807) is 12.4 Å². The van der Waals surface area contributed by atoms with Crippen molar-refractivity contribution in [3.05, 3.63) is 29.3 Å². The summed E-state index contributed by atoms with van der Waals surface area (Å²) in [7, 11) is 0. The fourth-order valence-electron chi connectivity index (χ4n) is 1.07. The van der Waals surface area contributed by atoms with Crippen molar-refractivity contribution >= 4 is 17.4 Å². The first-order chi connectivity index (χ1) is 6.68. The van der Waals surface area contributed by atoms with Gasteiger partial charge in [0.05, 0.1) is 16.9 Å². The Morgan fingerprint density at radius 3 is 2.64 bits per heavy atom. The van der Waals surface area contributed by atoms with Crippen LogP contribution in [0.3, 0.4) is 0 Å². The summed E-state index contributed by atoms with van der Waals surface area (Å²) in [5, 5.41) is 4.72. The quantitative estimate of drug-likeness (QED) is 0.767. The SMILES string of the molecule is Cc1nn(-c2nccnc2N)cc1Cl. The highest BCUT2D eigenvalue weighted by atomic mass is 35.5. The number of anilines is 1. The van der Waals surface area contributed by atoms with E-state index in [0.29, 0.717) is 16.7 Å². The molecule has 0 aliphatic heterocycles. The van der Waals surface area contributed by atoms with Crippen LogP contribution in [0.2, 0.25) is 5.02 Å². The van der Waals surface area contributed by atoms with E-state index in [1.165, 1.54) is 10.9 Å². The molecule has 14 heavy (non-hydrogen) atoms. The molecule has 2 aromatic rings. The minimum Gasteiger partial charge on any atom is -0.381 e. The van der Waals surface area contributed by atoms with Crippen LogP contribution in [0.5, 0.6) is 0 Å². The molecule has 72 valence electrons. The molecule has 2 heterocycles. The molecule has 2 rings (SSSR count). The Morgan fingerprint density at radius 1 is 1.36 bits per heavy atom. The number of hydrogen-bond donors (Lipinski definition) is 1. The van der Waals surface area contributed by atoms with Gasteiger partial charge in [0.25, 0.3) is 0 Å². The van der Waals surface area contributed by atoms with Crippen LogP contribution in [0, 0.1) is 6.92 Å². The zero-order valence-corrected chi connectivity index (χ0v) is 8.23. The first-order valence-electron chi connectivity index (χ1n) is 3.97. The van der Waals surface area contributed by atoms with Gasteiger partial charge in [0.15, 0.2) is 11.6 Å². The summed E-state index contributed by atoms with van der Waals surface area (Å²) in [5.74, 6) is 0.814. The predicted octanol–water partition coefficient (Wildman–Crippen LogP) is 1.21. The van der Waals surface area contributed by atoms with Gasteiger partial charge in [0.1, 0.15) is 0 Å². The Labute approximate surface area is 85.5 Å². The lowest BCUT2D eigenvalue weighted by Crippen LogP contribution is -2.04. The van der Waals surface area contributed by atoms with Crippen molar-refractivity contribution in [3.8, 4) is 5.82 Å². The van der Waals surface area contributed by atoms with Crippen molar-refractivity contribution in [2.75, 3.05) is 5.73 Å². The molecule has 0 bridgehead atoms. The summed E-state index contributed by atoms with van der Waals surface area (Å²) in [4.78, 5) is 7.96. The van der Waals surface area contributed by atoms with Crippen LogP contribution in [0.1, 0.15) is 5.69 Å². The van der Waals surface area contributed by atoms with Crippen LogP contribution >= 0.6 is 11.6 Å². The second-order valence-electron chi connectivity index (χ2n) is 2.77. The van der Waals surface area contributed by atoms with Crippen molar-refractivity contribution < 1.29 is 0 Å². The van der Waals surface area contributed by atoms with Gasteiger partial charge in [0, 0.05) is 12.4 Å². The van der Waals surface area contributed by atoms with Crippen LogP contribution in [0.25, 0.3) is 5.82 Å². The Balaban J connectivity index is 2.55. The van der Waals surface area contributed by atoms with Gasteiger partial charge in [0.2, 0.25) is 0 Å². The Bertz CT molecular complexity index is 445. The second kappa shape index (κ2) is 3.26. The fraction of sp³-hybridized carbons (Fsp3) is 0.125. The lowest BCUT2D eigenvalue weighted by atomic mass is 10.5. The van der Waals surface area contributed by atoms with Gasteiger partial charge in [-0.2, -0.15) is 5.10 Å². The molecule has 0 aliphatic carbocycles. The van der Waals surface area contributed by atoms with Crippen LogP contribution in [0.15, 0.2) is 18.6 Å². The highest BCUT2D eigenvalue weighted by molar-refractivity contribution is 6.31. The molecule has 6 heteroatoms. The normalized spacial score (nSPS) is 10.4. The van der Waals surface area contributed by atoms with Crippen LogP contribution in [-0.2, 0) is 0 Å². The van der Waals surface area contributed by atoms with E-state index in [2.05, 4.69) is 15.1 Å². The Kier molecular flexibility index (Phi) is 2.09. The lowest BCUT2D eigenvalue weighted by Gasteiger charge is -2.01. The topological polar surface area (TPSA) is 69.6 Å². The number of nitrogen functional groups attached to an aromatic ring is 1. The van der Waals surface area contributed by atoms with E-state index in [1.807, 2.05) is 6.92 Å². The third-order valence-electron chi connectivity index (χ3n) is 1.76. The maximum absolute atomic E-state index is 5.86. The molecule has 0 amide bonds. The van der Waals surface area contributed by atoms with Gasteiger partial charge in [-0.25, -0.2) is 14.6 Å². The van der Waals surface area contributed by atoms with Crippen molar-refractivity contribution in [2.45, 2.75) is 6.92 Å². The number of hydrogen-bond acceptors (Lipinski definition) is 4. The molecule has 0 fully saturated rings. The average Bonchev–Trinajstić information content (AvgIpc) is 2.48. The summed E-state index contributed by atoms with van der Waals surface area (Å²) in [6.07, 6.45) is 4.73. The van der Waals surface area contributed by atoms with Crippen molar-refractivity contribution in [1.82, 2.24) is 19.7 Å². The molecule has 0 aromatic carbocycles. The van der Waals surface area contributed by atoms with E-state index in [9.17, 15) is 0 Å². The molecule has 0 saturated carbocycles. The van der Waals surface area contributed by atoms with Crippen LogP contribution in [0.4, 0.5) is 5.82 Å². The largest absolute Gasteiger partial charge is 0.381 e. The van der Waals surface area contributed by atoms with Crippen molar-refractivity contribution in [2.24, 2.45) is 0 Å². The van der Waals surface area contributed by atoms with E-state index in [0.717, 1.165) is 5.69 Å². The first-order valence-corrected chi connectivity index (χ1v) is 4.35. The maximum Gasteiger partial charge on any atom is 0.196 e. The van der Waals surface area contributed by atoms with Crippen molar-refractivity contribution in [3.63, 3.8) is 0 Å². The molecule has 0 radical (unpaired) electrons. The standard InChI is InChI=1S/C8H8ClN5/c1-5-6(9)4-14(13-5)8-7(10)11-2-3-12-8/h2-4H,1H3,(H2,10,11). The molecular weight excluding hydrogens is 202 g/mol. The highest BCUT2D eigenvalue weighted by Crippen LogP contribution is 2.16. The molecule has 0 spiro atoms. The smallest absolute Gasteiger partial charge is 0.196 e. The maximum atomic E-state index is 5.86. The number of nitrogens with two attached hydrogens (primary N) is 1. The van der Waals surface area contributed by atoms with Gasteiger partial charge >= 0.3 is 0 Å². The molecule has 2 aromatic heterocycles. The van der Waals surface area contributed by atoms with E-state index >= 15 is 0 Å². The molecule has 0 atom stereocenters. The minimum atomic E-state index is 0.326. The number of aromatic nitrogens is 4. The monoisotopic (exact) mass is 209 g/mol. The summed E-state index contributed by atoms with van der Waals surface area (Å²) in [6.45, 7) is 1.81. The van der Waals surface area contributed by atoms with Crippen molar-refractivity contribution in [1.29, 1.82) is 0 Å². The van der Waals surface area contributed by atoms with Gasteiger partial charge in [-0.05, 0) is 6.92 Å². The number of aryl methyl sites for hydroxylation is 1. The van der Waals surface area contributed by atoms with Gasteiger partial charge in [-0.15, -0.1) is 0 Å². The molecule has 0 saturated heterocycles. The molecule has 0 unspecified atom stereocenters. The average molecular weight is 210 g/mol. The van der Waals surface area contributed by atoms with Crippen LogP contribution in [-0.4, -0.2) is 19.7 Å². The van der Waals surface area contributed by atoms with Crippen LogP contribution < -0.4 is 5.73 Å². The number of halogens is 1. The Hall–Kier alpha value is -1.62. The van der Waals surface area contributed by atoms with E-state index in [-0.39, 0.29) is 0 Å². The second-order valence-corrected chi connectivity index (χ2v) is 3.18. The first kappa shape index (κ1) is 8.96. The lowest BCUT2D eigenvalue weighted by molar-refractivity contribution is 0.828. The van der Waals surface area contributed by atoms with Gasteiger partial charge in [-0.3, -0.25) is 0 Å². The van der Waals surface area contributed by atoms with Gasteiger partial charge < -0.3 is 5.73 Å². The zero-order valence-electron chi connectivity index (χ0n) is 7.48. The third kappa shape index (κ3) is 1.42. The highest BCUT2D eigenvalue weighted by Gasteiger charge is 2.07. The molecule has 0 aliphatic rings. The summed E-state index contributed by atoms with van der Waals surface area (Å²) in [6, 6.07) is 0. The Morgan fingerprint density at radius 2 is 2.07 bits per heavy atom. The zero-order chi connectivity index (χ0) is 10.1. The van der Waals surface area contributed by atoms with E-state index < -0.39 is 0 Å². The molecular formula is C8H8ClN5. The minimum absolute atomic E-state index is 0.326. The predicted molar refractivity (Wildman–Crippen MR) is 53.3 cm³/mol. The summed E-state index contributed by atoms with van der Waals surface area (Å²) < 4.78 is 1.51. The summed E-state index contributed by atoms with van der Waals surface area (Å²) in [5.41, 5.74) is 6.37. The summed E-state index contributed by atoms with van der Waals surface area (Å²) >= 11 is 5.86. The van der Waals surface area contributed by atoms with E-state index in [4.69, 9.17) is 17.3 Å².